The largest absolute Gasteiger partial charge is 0.480 e. The maximum absolute atomic E-state index is 11.2. The van der Waals surface area contributed by atoms with E-state index in [1.54, 1.807) is 36.8 Å². The molecule has 0 fully saturated rings. The molecule has 0 aliphatic rings. The molecule has 3 N–H and O–H groups in total. The van der Waals surface area contributed by atoms with Crippen molar-refractivity contribution in [2.75, 3.05) is 12.8 Å². The van der Waals surface area contributed by atoms with E-state index in [9.17, 15) is 4.79 Å². The standard InChI is InChI=1S/C12H15N3O3/c1-7(12(16)17)15-9-5-3-4-8(13)11(9)14-10(15)6-18-2/h3-5,7H,6,13H2,1-2H3,(H,16,17). The highest BCUT2D eigenvalue weighted by Gasteiger charge is 2.21. The molecule has 0 aliphatic heterocycles. The number of nitrogen functional groups attached to an aromatic ring is 1. The minimum absolute atomic E-state index is 0.242. The minimum Gasteiger partial charge on any atom is -0.480 e. The van der Waals surface area contributed by atoms with Gasteiger partial charge in [0.1, 0.15) is 24.0 Å². The molecule has 1 heterocycles. The number of carboxylic acid groups (broad SMARTS) is 1. The first-order valence-electron chi connectivity index (χ1n) is 5.53. The molecule has 2 rings (SSSR count). The molecule has 0 saturated heterocycles. The van der Waals surface area contributed by atoms with E-state index >= 15 is 0 Å². The summed E-state index contributed by atoms with van der Waals surface area (Å²) in [4.78, 5) is 15.5. The molecule has 0 bridgehead atoms. The third-order valence-corrected chi connectivity index (χ3v) is 2.84. The molecule has 1 unspecified atom stereocenters. The minimum atomic E-state index is -0.922. The topological polar surface area (TPSA) is 90.4 Å². The Labute approximate surface area is 104 Å². The van der Waals surface area contributed by atoms with Gasteiger partial charge in [0, 0.05) is 7.11 Å². The van der Waals surface area contributed by atoms with Gasteiger partial charge in [-0.2, -0.15) is 0 Å². The number of hydrogen-bond donors (Lipinski definition) is 2. The highest BCUT2D eigenvalue weighted by molar-refractivity contribution is 5.89. The number of rotatable bonds is 4. The van der Waals surface area contributed by atoms with Gasteiger partial charge >= 0.3 is 5.97 Å². The van der Waals surface area contributed by atoms with Crippen LogP contribution >= 0.6 is 0 Å². The van der Waals surface area contributed by atoms with E-state index in [1.165, 1.54) is 0 Å². The molecule has 1 aromatic heterocycles. The summed E-state index contributed by atoms with van der Waals surface area (Å²) < 4.78 is 6.69. The van der Waals surface area contributed by atoms with Crippen LogP contribution in [0, 0.1) is 0 Å². The molecular weight excluding hydrogens is 234 g/mol. The van der Waals surface area contributed by atoms with Gasteiger partial charge in [0.05, 0.1) is 11.2 Å². The van der Waals surface area contributed by atoms with Crippen LogP contribution in [0.2, 0.25) is 0 Å². The van der Waals surface area contributed by atoms with E-state index in [1.807, 2.05) is 0 Å². The Morgan fingerprint density at radius 2 is 2.33 bits per heavy atom. The molecule has 18 heavy (non-hydrogen) atoms. The normalized spacial score (nSPS) is 12.8. The fourth-order valence-electron chi connectivity index (χ4n) is 1.96. The van der Waals surface area contributed by atoms with E-state index in [0.29, 0.717) is 22.5 Å². The lowest BCUT2D eigenvalue weighted by atomic mass is 10.2. The van der Waals surface area contributed by atoms with Crippen molar-refractivity contribution < 1.29 is 14.6 Å². The quantitative estimate of drug-likeness (QED) is 0.799. The van der Waals surface area contributed by atoms with Gasteiger partial charge in [-0.05, 0) is 19.1 Å². The van der Waals surface area contributed by atoms with Gasteiger partial charge in [-0.15, -0.1) is 0 Å². The second kappa shape index (κ2) is 4.66. The lowest BCUT2D eigenvalue weighted by molar-refractivity contribution is -0.140. The molecule has 1 atom stereocenters. The molecule has 0 radical (unpaired) electrons. The molecule has 0 spiro atoms. The second-order valence-electron chi connectivity index (χ2n) is 4.06. The van der Waals surface area contributed by atoms with Crippen LogP contribution in [0.15, 0.2) is 18.2 Å². The van der Waals surface area contributed by atoms with E-state index in [2.05, 4.69) is 4.98 Å². The van der Waals surface area contributed by atoms with Crippen molar-refractivity contribution in [3.63, 3.8) is 0 Å². The summed E-state index contributed by atoms with van der Waals surface area (Å²) >= 11 is 0. The number of carbonyl (C=O) groups is 1. The first-order chi connectivity index (χ1) is 8.56. The summed E-state index contributed by atoms with van der Waals surface area (Å²) in [5, 5.41) is 9.15. The molecular formula is C12H15N3O3. The van der Waals surface area contributed by atoms with Crippen molar-refractivity contribution in [2.45, 2.75) is 19.6 Å². The molecule has 96 valence electrons. The summed E-state index contributed by atoms with van der Waals surface area (Å²) in [5.74, 6) is -0.366. The zero-order valence-corrected chi connectivity index (χ0v) is 10.3. The highest BCUT2D eigenvalue weighted by Crippen LogP contribution is 2.25. The lowest BCUT2D eigenvalue weighted by Gasteiger charge is -2.13. The van der Waals surface area contributed by atoms with Gasteiger partial charge in [-0.1, -0.05) is 6.07 Å². The number of carboxylic acids is 1. The number of imidazole rings is 1. The lowest BCUT2D eigenvalue weighted by Crippen LogP contribution is -2.18. The van der Waals surface area contributed by atoms with Gasteiger partial charge in [0.25, 0.3) is 0 Å². The maximum Gasteiger partial charge on any atom is 0.326 e. The number of aromatic nitrogens is 2. The molecule has 6 nitrogen and oxygen atoms in total. The predicted molar refractivity (Wildman–Crippen MR) is 67.2 cm³/mol. The van der Waals surface area contributed by atoms with Gasteiger partial charge in [0.15, 0.2) is 0 Å². The fourth-order valence-corrected chi connectivity index (χ4v) is 1.96. The molecule has 6 heteroatoms. The number of anilines is 1. The summed E-state index contributed by atoms with van der Waals surface area (Å²) in [6, 6.07) is 4.60. The number of benzene rings is 1. The van der Waals surface area contributed by atoms with E-state index in [-0.39, 0.29) is 6.61 Å². The second-order valence-corrected chi connectivity index (χ2v) is 4.06. The Morgan fingerprint density at radius 1 is 1.61 bits per heavy atom. The molecule has 0 aliphatic carbocycles. The number of nitrogens with zero attached hydrogens (tertiary/aromatic N) is 2. The van der Waals surface area contributed by atoms with E-state index in [4.69, 9.17) is 15.6 Å². The van der Waals surface area contributed by atoms with Crippen molar-refractivity contribution in [3.8, 4) is 0 Å². The number of fused-ring (bicyclic) bond motifs is 1. The zero-order valence-electron chi connectivity index (χ0n) is 10.3. The van der Waals surface area contributed by atoms with E-state index in [0.717, 1.165) is 0 Å². The number of nitrogens with two attached hydrogens (primary N) is 1. The smallest absolute Gasteiger partial charge is 0.326 e. The van der Waals surface area contributed by atoms with Crippen LogP contribution in [0.25, 0.3) is 11.0 Å². The Balaban J connectivity index is 2.70. The molecule has 0 amide bonds. The number of methoxy groups -OCH3 is 1. The summed E-state index contributed by atoms with van der Waals surface area (Å²) in [7, 11) is 1.54. The van der Waals surface area contributed by atoms with Gasteiger partial charge in [-0.3, -0.25) is 0 Å². The summed E-state index contributed by atoms with van der Waals surface area (Å²) in [6.45, 7) is 1.84. The molecule has 1 aromatic carbocycles. The molecule has 0 saturated carbocycles. The average molecular weight is 249 g/mol. The van der Waals surface area contributed by atoms with Crippen molar-refractivity contribution in [1.29, 1.82) is 0 Å². The summed E-state index contributed by atoms with van der Waals surface area (Å²) in [5.41, 5.74) is 7.69. The third-order valence-electron chi connectivity index (χ3n) is 2.84. The number of aliphatic carboxylic acids is 1. The Bertz CT molecular complexity index is 592. The predicted octanol–water partition coefficient (Wildman–Crippen LogP) is 1.41. The van der Waals surface area contributed by atoms with Crippen LogP contribution < -0.4 is 5.73 Å². The van der Waals surface area contributed by atoms with Crippen LogP contribution in [0.5, 0.6) is 0 Å². The van der Waals surface area contributed by atoms with Crippen molar-refractivity contribution in [1.82, 2.24) is 9.55 Å². The number of hydrogen-bond acceptors (Lipinski definition) is 4. The maximum atomic E-state index is 11.2. The monoisotopic (exact) mass is 249 g/mol. The Hall–Kier alpha value is -2.08. The molecule has 2 aromatic rings. The van der Waals surface area contributed by atoms with Crippen molar-refractivity contribution >= 4 is 22.7 Å². The van der Waals surface area contributed by atoms with Crippen LogP contribution in [0.4, 0.5) is 5.69 Å². The first kappa shape index (κ1) is 12.4. The van der Waals surface area contributed by atoms with Crippen LogP contribution in [-0.2, 0) is 16.1 Å². The van der Waals surface area contributed by atoms with Crippen LogP contribution in [0.1, 0.15) is 18.8 Å². The first-order valence-corrected chi connectivity index (χ1v) is 5.53. The van der Waals surface area contributed by atoms with Crippen molar-refractivity contribution in [3.05, 3.63) is 24.0 Å². The number of ether oxygens (including phenoxy) is 1. The Kier molecular flexibility index (Phi) is 3.20. The van der Waals surface area contributed by atoms with Crippen LogP contribution in [0.3, 0.4) is 0 Å². The SMILES string of the molecule is COCc1nc2c(N)cccc2n1C(C)C(=O)O. The van der Waals surface area contributed by atoms with E-state index < -0.39 is 12.0 Å². The van der Waals surface area contributed by atoms with Gasteiger partial charge in [0.2, 0.25) is 0 Å². The third kappa shape index (κ3) is 1.91. The van der Waals surface area contributed by atoms with Crippen LogP contribution in [-0.4, -0.2) is 27.7 Å². The Morgan fingerprint density at radius 3 is 2.94 bits per heavy atom. The average Bonchev–Trinajstić information content (AvgIpc) is 2.68. The fraction of sp³-hybridized carbons (Fsp3) is 0.333. The zero-order chi connectivity index (χ0) is 13.3. The highest BCUT2D eigenvalue weighted by atomic mass is 16.5. The number of para-hydroxylation sites is 1. The van der Waals surface area contributed by atoms with Gasteiger partial charge in [-0.25, -0.2) is 9.78 Å². The van der Waals surface area contributed by atoms with Gasteiger partial charge < -0.3 is 20.1 Å². The van der Waals surface area contributed by atoms with Crippen molar-refractivity contribution in [2.24, 2.45) is 0 Å². The summed E-state index contributed by atoms with van der Waals surface area (Å²) in [6.07, 6.45) is 0.